The van der Waals surface area contributed by atoms with Gasteiger partial charge in [-0.15, -0.1) is 0 Å². The summed E-state index contributed by atoms with van der Waals surface area (Å²) >= 11 is 5.75. The second-order valence-corrected chi connectivity index (χ2v) is 7.68. The molecule has 0 radical (unpaired) electrons. The highest BCUT2D eigenvalue weighted by Crippen LogP contribution is 2.29. The zero-order valence-electron chi connectivity index (χ0n) is 13.8. The van der Waals surface area contributed by atoms with Crippen molar-refractivity contribution in [1.82, 2.24) is 0 Å². The first-order valence-electron chi connectivity index (χ1n) is 7.36. The van der Waals surface area contributed by atoms with Crippen LogP contribution in [-0.2, 0) is 14.6 Å². The van der Waals surface area contributed by atoms with Gasteiger partial charge in [0.05, 0.1) is 30.6 Å². The lowest BCUT2D eigenvalue weighted by atomic mass is 10.2. The van der Waals surface area contributed by atoms with Gasteiger partial charge in [0.15, 0.2) is 9.84 Å². The number of sulfone groups is 1. The van der Waals surface area contributed by atoms with Gasteiger partial charge in [-0.1, -0.05) is 11.6 Å². The predicted molar refractivity (Wildman–Crippen MR) is 96.3 cm³/mol. The summed E-state index contributed by atoms with van der Waals surface area (Å²) < 4.78 is 34.8. The Morgan fingerprint density at radius 1 is 1.08 bits per heavy atom. The largest absolute Gasteiger partial charge is 0.497 e. The maximum absolute atomic E-state index is 12.2. The molecular formula is C17H18ClNO5S. The van der Waals surface area contributed by atoms with Crippen LogP contribution in [0.25, 0.3) is 0 Å². The lowest BCUT2D eigenvalue weighted by Gasteiger charge is -2.11. The van der Waals surface area contributed by atoms with Gasteiger partial charge < -0.3 is 14.8 Å². The number of nitrogens with one attached hydrogen (secondary N) is 1. The van der Waals surface area contributed by atoms with E-state index in [1.807, 2.05) is 0 Å². The van der Waals surface area contributed by atoms with Crippen LogP contribution in [0.1, 0.15) is 6.42 Å². The third-order valence-electron chi connectivity index (χ3n) is 3.45. The Balaban J connectivity index is 2.02. The van der Waals surface area contributed by atoms with Gasteiger partial charge in [0.2, 0.25) is 5.91 Å². The zero-order valence-corrected chi connectivity index (χ0v) is 15.4. The summed E-state index contributed by atoms with van der Waals surface area (Å²) in [7, 11) is -0.571. The van der Waals surface area contributed by atoms with E-state index in [0.29, 0.717) is 22.2 Å². The Morgan fingerprint density at radius 3 is 2.36 bits per heavy atom. The van der Waals surface area contributed by atoms with Crippen molar-refractivity contribution in [3.05, 3.63) is 47.5 Å². The summed E-state index contributed by atoms with van der Waals surface area (Å²) in [6.45, 7) is 0. The van der Waals surface area contributed by atoms with E-state index in [4.69, 9.17) is 21.1 Å². The predicted octanol–water partition coefficient (Wildman–Crippen LogP) is 3.16. The molecule has 0 aromatic heterocycles. The normalized spacial score (nSPS) is 11.0. The molecule has 0 spiro atoms. The monoisotopic (exact) mass is 383 g/mol. The molecule has 0 heterocycles. The minimum atomic E-state index is -3.56. The topological polar surface area (TPSA) is 81.7 Å². The second-order valence-electron chi connectivity index (χ2n) is 5.14. The highest BCUT2D eigenvalue weighted by molar-refractivity contribution is 7.91. The molecule has 2 aromatic rings. The van der Waals surface area contributed by atoms with Crippen molar-refractivity contribution < 1.29 is 22.7 Å². The fourth-order valence-electron chi connectivity index (χ4n) is 2.10. The summed E-state index contributed by atoms with van der Waals surface area (Å²) in [6, 6.07) is 10.8. The number of anilines is 1. The number of ether oxygens (including phenoxy) is 2. The number of methoxy groups -OCH3 is 2. The van der Waals surface area contributed by atoms with Crippen LogP contribution in [0, 0.1) is 0 Å². The SMILES string of the molecule is COc1ccc(NC(=O)CCS(=O)(=O)c2ccc(Cl)cc2)c(OC)c1. The van der Waals surface area contributed by atoms with Gasteiger partial charge in [-0.25, -0.2) is 8.42 Å². The number of amides is 1. The Morgan fingerprint density at radius 2 is 1.76 bits per heavy atom. The highest BCUT2D eigenvalue weighted by atomic mass is 35.5. The number of halogens is 1. The first kappa shape index (κ1) is 19.1. The summed E-state index contributed by atoms with van der Waals surface area (Å²) in [4.78, 5) is 12.2. The molecular weight excluding hydrogens is 366 g/mol. The van der Waals surface area contributed by atoms with E-state index >= 15 is 0 Å². The highest BCUT2D eigenvalue weighted by Gasteiger charge is 2.17. The van der Waals surface area contributed by atoms with Crippen molar-refractivity contribution in [2.45, 2.75) is 11.3 Å². The van der Waals surface area contributed by atoms with Gasteiger partial charge in [-0.2, -0.15) is 0 Å². The molecule has 1 N–H and O–H groups in total. The molecule has 2 aromatic carbocycles. The third kappa shape index (κ3) is 5.11. The van der Waals surface area contributed by atoms with Crippen LogP contribution in [0.15, 0.2) is 47.4 Å². The van der Waals surface area contributed by atoms with Gasteiger partial charge in [0.1, 0.15) is 11.5 Å². The zero-order chi connectivity index (χ0) is 18.4. The van der Waals surface area contributed by atoms with E-state index in [-0.39, 0.29) is 17.1 Å². The number of rotatable bonds is 7. The molecule has 8 heteroatoms. The van der Waals surface area contributed by atoms with Crippen molar-refractivity contribution >= 4 is 33.0 Å². The molecule has 0 aliphatic rings. The molecule has 1 amide bonds. The molecule has 6 nitrogen and oxygen atoms in total. The van der Waals surface area contributed by atoms with E-state index in [9.17, 15) is 13.2 Å². The van der Waals surface area contributed by atoms with Gasteiger partial charge in [-0.05, 0) is 36.4 Å². The average Bonchev–Trinajstić information content (AvgIpc) is 2.61. The van der Waals surface area contributed by atoms with E-state index in [1.54, 1.807) is 18.2 Å². The summed E-state index contributed by atoms with van der Waals surface area (Å²) in [6.07, 6.45) is -0.180. The van der Waals surface area contributed by atoms with E-state index in [0.717, 1.165) is 0 Å². The van der Waals surface area contributed by atoms with Crippen LogP contribution in [0.5, 0.6) is 11.5 Å². The maximum Gasteiger partial charge on any atom is 0.225 e. The molecule has 0 atom stereocenters. The summed E-state index contributed by atoms with van der Waals surface area (Å²) in [5, 5.41) is 3.09. The fraction of sp³-hybridized carbons (Fsp3) is 0.235. The number of hydrogen-bond donors (Lipinski definition) is 1. The van der Waals surface area contributed by atoms with Crippen molar-refractivity contribution in [2.24, 2.45) is 0 Å². The maximum atomic E-state index is 12.2. The Labute approximate surface area is 151 Å². The minimum Gasteiger partial charge on any atom is -0.497 e. The summed E-state index contributed by atoms with van der Waals surface area (Å²) in [5.41, 5.74) is 0.442. The first-order valence-corrected chi connectivity index (χ1v) is 9.39. The van der Waals surface area contributed by atoms with E-state index < -0.39 is 15.7 Å². The van der Waals surface area contributed by atoms with Crippen LogP contribution in [0.3, 0.4) is 0 Å². The molecule has 0 bridgehead atoms. The van der Waals surface area contributed by atoms with Crippen molar-refractivity contribution in [1.29, 1.82) is 0 Å². The van der Waals surface area contributed by atoms with Crippen LogP contribution < -0.4 is 14.8 Å². The van der Waals surface area contributed by atoms with Crippen molar-refractivity contribution in [2.75, 3.05) is 25.3 Å². The van der Waals surface area contributed by atoms with Crippen molar-refractivity contribution in [3.8, 4) is 11.5 Å². The molecule has 0 unspecified atom stereocenters. The van der Waals surface area contributed by atoms with Gasteiger partial charge in [0.25, 0.3) is 0 Å². The molecule has 0 fully saturated rings. The second kappa shape index (κ2) is 8.22. The standard InChI is InChI=1S/C17H18ClNO5S/c1-23-13-5-8-15(16(11-13)24-2)19-17(20)9-10-25(21,22)14-6-3-12(18)4-7-14/h3-8,11H,9-10H2,1-2H3,(H,19,20). The minimum absolute atomic E-state index is 0.131. The molecule has 0 aliphatic carbocycles. The first-order chi connectivity index (χ1) is 11.9. The molecule has 2 rings (SSSR count). The summed E-state index contributed by atoms with van der Waals surface area (Å²) in [5.74, 6) is 0.272. The fourth-order valence-corrected chi connectivity index (χ4v) is 3.47. The smallest absolute Gasteiger partial charge is 0.225 e. The van der Waals surface area contributed by atoms with Crippen LogP contribution in [-0.4, -0.2) is 34.3 Å². The third-order valence-corrected chi connectivity index (χ3v) is 5.44. The van der Waals surface area contributed by atoms with Gasteiger partial charge in [0, 0.05) is 17.5 Å². The molecule has 0 saturated carbocycles. The number of carbonyl (C=O) groups excluding carboxylic acids is 1. The molecule has 134 valence electrons. The van der Waals surface area contributed by atoms with Gasteiger partial charge >= 0.3 is 0 Å². The number of hydrogen-bond acceptors (Lipinski definition) is 5. The van der Waals surface area contributed by atoms with Crippen molar-refractivity contribution in [3.63, 3.8) is 0 Å². The van der Waals surface area contributed by atoms with Crippen LogP contribution in [0.4, 0.5) is 5.69 Å². The van der Waals surface area contributed by atoms with E-state index in [1.165, 1.54) is 38.5 Å². The Bertz CT molecular complexity index is 850. The Kier molecular flexibility index (Phi) is 6.27. The number of carbonyl (C=O) groups is 1. The van der Waals surface area contributed by atoms with E-state index in [2.05, 4.69) is 5.32 Å². The van der Waals surface area contributed by atoms with Gasteiger partial charge in [-0.3, -0.25) is 4.79 Å². The molecule has 0 aliphatic heterocycles. The van der Waals surface area contributed by atoms with Crippen LogP contribution >= 0.6 is 11.6 Å². The Hall–Kier alpha value is -2.25. The molecule has 25 heavy (non-hydrogen) atoms. The number of benzene rings is 2. The lowest BCUT2D eigenvalue weighted by molar-refractivity contribution is -0.115. The van der Waals surface area contributed by atoms with Crippen LogP contribution in [0.2, 0.25) is 5.02 Å². The average molecular weight is 384 g/mol. The molecule has 0 saturated heterocycles. The lowest BCUT2D eigenvalue weighted by Crippen LogP contribution is -2.17. The quantitative estimate of drug-likeness (QED) is 0.794.